The summed E-state index contributed by atoms with van der Waals surface area (Å²) in [6.07, 6.45) is 3.52. The fourth-order valence-corrected chi connectivity index (χ4v) is 4.64. The van der Waals surface area contributed by atoms with Crippen LogP contribution in [0.25, 0.3) is 0 Å². The van der Waals surface area contributed by atoms with Crippen molar-refractivity contribution >= 4 is 23.6 Å². The van der Waals surface area contributed by atoms with Crippen LogP contribution in [0, 0.1) is 13.8 Å². The van der Waals surface area contributed by atoms with E-state index in [0.29, 0.717) is 11.3 Å². The van der Waals surface area contributed by atoms with Gasteiger partial charge in [-0.3, -0.25) is 4.79 Å². The summed E-state index contributed by atoms with van der Waals surface area (Å²) in [5.74, 6) is 0.851. The highest BCUT2D eigenvalue weighted by atomic mass is 32.2. The van der Waals surface area contributed by atoms with Gasteiger partial charge in [0.15, 0.2) is 6.10 Å². The summed E-state index contributed by atoms with van der Waals surface area (Å²) in [5.41, 5.74) is 2.36. The monoisotopic (exact) mass is 416 g/mol. The molecule has 2 aromatic rings. The van der Waals surface area contributed by atoms with Crippen LogP contribution in [0.4, 0.5) is 0 Å². The van der Waals surface area contributed by atoms with Gasteiger partial charge in [0, 0.05) is 29.3 Å². The van der Waals surface area contributed by atoms with Gasteiger partial charge in [-0.1, -0.05) is 30.1 Å². The van der Waals surface area contributed by atoms with Crippen molar-refractivity contribution in [3.63, 3.8) is 0 Å². The number of amides is 1. The topological polar surface area (TPSA) is 72.6 Å². The second-order valence-corrected chi connectivity index (χ2v) is 8.39. The van der Waals surface area contributed by atoms with Gasteiger partial charge in [-0.2, -0.15) is 0 Å². The van der Waals surface area contributed by atoms with Crippen molar-refractivity contribution in [2.24, 2.45) is 0 Å². The van der Waals surface area contributed by atoms with Gasteiger partial charge in [0.1, 0.15) is 5.76 Å². The van der Waals surface area contributed by atoms with Crippen molar-refractivity contribution in [1.29, 1.82) is 0 Å². The highest BCUT2D eigenvalue weighted by Gasteiger charge is 2.26. The van der Waals surface area contributed by atoms with Crippen molar-refractivity contribution < 1.29 is 18.8 Å². The number of ether oxygens (including phenoxy) is 1. The zero-order valence-corrected chi connectivity index (χ0v) is 18.1. The van der Waals surface area contributed by atoms with E-state index in [1.54, 1.807) is 19.1 Å². The van der Waals surface area contributed by atoms with Gasteiger partial charge < -0.3 is 14.2 Å². The summed E-state index contributed by atoms with van der Waals surface area (Å²) in [7, 11) is 0. The van der Waals surface area contributed by atoms with E-state index >= 15 is 0 Å². The molecule has 0 aliphatic carbocycles. The van der Waals surface area contributed by atoms with E-state index in [1.165, 1.54) is 11.8 Å². The number of esters is 1. The minimum absolute atomic E-state index is 0.110. The SMILES string of the molecule is Cc1noc(C)c1CSc1ccccc1C(=O)O[C@@H](C)C(=O)N1CCCCCC1. The number of rotatable bonds is 6. The Labute approximate surface area is 176 Å². The zero-order valence-electron chi connectivity index (χ0n) is 17.3. The predicted octanol–water partition coefficient (Wildman–Crippen LogP) is 4.53. The average molecular weight is 417 g/mol. The highest BCUT2D eigenvalue weighted by Crippen LogP contribution is 2.29. The largest absolute Gasteiger partial charge is 0.449 e. The van der Waals surface area contributed by atoms with Crippen LogP contribution in [0.5, 0.6) is 0 Å². The third-order valence-corrected chi connectivity index (χ3v) is 6.31. The molecule has 1 saturated heterocycles. The van der Waals surface area contributed by atoms with Crippen molar-refractivity contribution in [2.45, 2.75) is 63.2 Å². The van der Waals surface area contributed by atoms with Gasteiger partial charge in [0.25, 0.3) is 5.91 Å². The lowest BCUT2D eigenvalue weighted by molar-refractivity contribution is -0.139. The zero-order chi connectivity index (χ0) is 20.8. The van der Waals surface area contributed by atoms with Crippen LogP contribution in [0.1, 0.15) is 60.0 Å². The first-order chi connectivity index (χ1) is 14.0. The molecule has 1 aliphatic rings. The van der Waals surface area contributed by atoms with E-state index < -0.39 is 12.1 Å². The summed E-state index contributed by atoms with van der Waals surface area (Å²) in [4.78, 5) is 28.1. The summed E-state index contributed by atoms with van der Waals surface area (Å²) >= 11 is 1.53. The molecule has 156 valence electrons. The summed E-state index contributed by atoms with van der Waals surface area (Å²) in [5, 5.41) is 3.97. The number of thioether (sulfide) groups is 1. The van der Waals surface area contributed by atoms with Gasteiger partial charge in [-0.25, -0.2) is 4.79 Å². The summed E-state index contributed by atoms with van der Waals surface area (Å²) in [6, 6.07) is 7.32. The first-order valence-corrected chi connectivity index (χ1v) is 11.1. The quantitative estimate of drug-likeness (QED) is 0.509. The molecule has 0 N–H and O–H groups in total. The Kier molecular flexibility index (Phi) is 7.36. The van der Waals surface area contributed by atoms with Gasteiger partial charge in [-0.15, -0.1) is 11.8 Å². The third-order valence-electron chi connectivity index (χ3n) is 5.21. The van der Waals surface area contributed by atoms with Crippen LogP contribution in [0.2, 0.25) is 0 Å². The average Bonchev–Trinajstić information content (AvgIpc) is 2.91. The van der Waals surface area contributed by atoms with Gasteiger partial charge in [-0.05, 0) is 45.7 Å². The third kappa shape index (κ3) is 5.41. The van der Waals surface area contributed by atoms with Crippen molar-refractivity contribution in [3.05, 3.63) is 46.8 Å². The molecule has 6 nitrogen and oxygen atoms in total. The Morgan fingerprint density at radius 3 is 2.52 bits per heavy atom. The molecule has 29 heavy (non-hydrogen) atoms. The van der Waals surface area contributed by atoms with E-state index in [1.807, 2.05) is 30.9 Å². The normalized spacial score (nSPS) is 15.6. The molecule has 1 atom stereocenters. The van der Waals surface area contributed by atoms with E-state index in [0.717, 1.165) is 60.7 Å². The molecule has 1 aromatic carbocycles. The lowest BCUT2D eigenvalue weighted by atomic mass is 10.2. The standard InChI is InChI=1S/C22H28N2O4S/c1-15-19(16(2)28-23-15)14-29-20-11-7-6-10-18(20)22(26)27-17(3)21(25)24-12-8-4-5-9-13-24/h6-7,10-11,17H,4-5,8-9,12-14H2,1-3H3/t17-/m0/s1. The maximum absolute atomic E-state index is 12.8. The van der Waals surface area contributed by atoms with Crippen molar-refractivity contribution in [1.82, 2.24) is 10.1 Å². The van der Waals surface area contributed by atoms with Crippen molar-refractivity contribution in [3.8, 4) is 0 Å². The van der Waals surface area contributed by atoms with Gasteiger partial charge >= 0.3 is 5.97 Å². The fourth-order valence-electron chi connectivity index (χ4n) is 3.44. The molecular formula is C22H28N2O4S. The fraction of sp³-hybridized carbons (Fsp3) is 0.500. The Balaban J connectivity index is 1.65. The Bertz CT molecular complexity index is 837. The lowest BCUT2D eigenvalue weighted by Crippen LogP contribution is -2.40. The minimum atomic E-state index is -0.791. The van der Waals surface area contributed by atoms with E-state index in [2.05, 4.69) is 5.16 Å². The number of carbonyl (C=O) groups is 2. The van der Waals surface area contributed by atoms with Gasteiger partial charge in [0.05, 0.1) is 11.3 Å². The molecule has 1 aromatic heterocycles. The molecule has 0 unspecified atom stereocenters. The first-order valence-electron chi connectivity index (χ1n) is 10.1. The Hall–Kier alpha value is -2.28. The smallest absolute Gasteiger partial charge is 0.340 e. The predicted molar refractivity (Wildman–Crippen MR) is 112 cm³/mol. The number of hydrogen-bond donors (Lipinski definition) is 0. The number of benzene rings is 1. The van der Waals surface area contributed by atoms with Crippen LogP contribution in [0.15, 0.2) is 33.7 Å². The maximum atomic E-state index is 12.8. The lowest BCUT2D eigenvalue weighted by Gasteiger charge is -2.24. The van der Waals surface area contributed by atoms with E-state index in [-0.39, 0.29) is 5.91 Å². The van der Waals surface area contributed by atoms with Crippen molar-refractivity contribution in [2.75, 3.05) is 13.1 Å². The maximum Gasteiger partial charge on any atom is 0.340 e. The molecule has 0 saturated carbocycles. The van der Waals surface area contributed by atoms with E-state index in [9.17, 15) is 9.59 Å². The van der Waals surface area contributed by atoms with Gasteiger partial charge in [0.2, 0.25) is 0 Å². The Morgan fingerprint density at radius 1 is 1.17 bits per heavy atom. The highest BCUT2D eigenvalue weighted by molar-refractivity contribution is 7.98. The first kappa shape index (κ1) is 21.4. The molecule has 2 heterocycles. The summed E-state index contributed by atoms with van der Waals surface area (Å²) in [6.45, 7) is 6.93. The minimum Gasteiger partial charge on any atom is -0.449 e. The molecule has 1 fully saturated rings. The molecule has 0 radical (unpaired) electrons. The second kappa shape index (κ2) is 9.96. The molecule has 7 heteroatoms. The van der Waals surface area contributed by atoms with Crippen LogP contribution in [-0.4, -0.2) is 41.1 Å². The van der Waals surface area contributed by atoms with Crippen LogP contribution < -0.4 is 0 Å². The molecule has 0 spiro atoms. The van der Waals surface area contributed by atoms with Crippen LogP contribution in [0.3, 0.4) is 0 Å². The van der Waals surface area contributed by atoms with Crippen LogP contribution in [-0.2, 0) is 15.3 Å². The molecule has 1 aliphatic heterocycles. The second-order valence-electron chi connectivity index (χ2n) is 7.37. The van der Waals surface area contributed by atoms with E-state index in [4.69, 9.17) is 9.26 Å². The Morgan fingerprint density at radius 2 is 1.86 bits per heavy atom. The number of nitrogens with zero attached hydrogens (tertiary/aromatic N) is 2. The number of aryl methyl sites for hydroxylation is 2. The number of carbonyl (C=O) groups excluding carboxylic acids is 2. The number of hydrogen-bond acceptors (Lipinski definition) is 6. The molecule has 0 bridgehead atoms. The molecule has 1 amide bonds. The molecular weight excluding hydrogens is 388 g/mol. The van der Waals surface area contributed by atoms with Crippen LogP contribution >= 0.6 is 11.8 Å². The number of aromatic nitrogens is 1. The molecule has 3 rings (SSSR count). The number of likely N-dealkylation sites (tertiary alicyclic amines) is 1. The summed E-state index contributed by atoms with van der Waals surface area (Å²) < 4.78 is 10.8.